The van der Waals surface area contributed by atoms with Crippen LogP contribution in [0, 0.1) is 6.92 Å². The van der Waals surface area contributed by atoms with E-state index in [1.165, 1.54) is 0 Å². The number of benzene rings is 1. The first-order valence-electron chi connectivity index (χ1n) is 5.19. The second-order valence-corrected chi connectivity index (χ2v) is 4.59. The van der Waals surface area contributed by atoms with Gasteiger partial charge >= 0.3 is 0 Å². The Bertz CT molecular complexity index is 537. The normalized spacial score (nSPS) is 10.8. The van der Waals surface area contributed by atoms with Gasteiger partial charge in [-0.3, -0.25) is 0 Å². The van der Waals surface area contributed by atoms with E-state index in [4.69, 9.17) is 28.3 Å². The van der Waals surface area contributed by atoms with Crippen molar-refractivity contribution in [3.8, 4) is 0 Å². The second kappa shape index (κ2) is 5.08. The molecule has 0 aliphatic carbocycles. The molecule has 1 N–H and O–H groups in total. The first kappa shape index (κ1) is 12.4. The van der Waals surface area contributed by atoms with Gasteiger partial charge in [0.25, 0.3) is 0 Å². The maximum Gasteiger partial charge on any atom is 0.133 e. The van der Waals surface area contributed by atoms with E-state index in [-0.39, 0.29) is 6.61 Å². The molecule has 2 rings (SSSR count). The van der Waals surface area contributed by atoms with Crippen molar-refractivity contribution in [1.82, 2.24) is 9.78 Å². The van der Waals surface area contributed by atoms with Crippen LogP contribution in [0.15, 0.2) is 24.3 Å². The van der Waals surface area contributed by atoms with Crippen molar-refractivity contribution in [2.45, 2.75) is 20.1 Å². The fourth-order valence-corrected chi connectivity index (χ4v) is 2.19. The molecule has 0 aliphatic rings. The summed E-state index contributed by atoms with van der Waals surface area (Å²) >= 11 is 12.0. The average molecular weight is 271 g/mol. The molecule has 2 aromatic rings. The predicted octanol–water partition coefficient (Wildman–Crippen LogP) is 3.04. The number of aryl methyl sites for hydroxylation is 1. The highest BCUT2D eigenvalue weighted by atomic mass is 35.5. The number of halogens is 2. The van der Waals surface area contributed by atoms with Crippen LogP contribution in [0.3, 0.4) is 0 Å². The lowest BCUT2D eigenvalue weighted by molar-refractivity contribution is 0.281. The third kappa shape index (κ3) is 2.63. The lowest BCUT2D eigenvalue weighted by atomic mass is 10.2. The second-order valence-electron chi connectivity index (χ2n) is 3.80. The zero-order chi connectivity index (χ0) is 12.4. The minimum atomic E-state index is -0.0970. The van der Waals surface area contributed by atoms with Crippen LogP contribution in [0.5, 0.6) is 0 Å². The Balaban J connectivity index is 2.30. The first-order chi connectivity index (χ1) is 8.11. The van der Waals surface area contributed by atoms with Crippen LogP contribution in [0.2, 0.25) is 10.2 Å². The molecule has 90 valence electrons. The highest BCUT2D eigenvalue weighted by Gasteiger charge is 2.12. The molecule has 1 aromatic heterocycles. The molecule has 0 unspecified atom stereocenters. The molecule has 17 heavy (non-hydrogen) atoms. The summed E-state index contributed by atoms with van der Waals surface area (Å²) < 4.78 is 1.66. The zero-order valence-corrected chi connectivity index (χ0v) is 10.8. The Morgan fingerprint density at radius 3 is 2.71 bits per heavy atom. The van der Waals surface area contributed by atoms with Crippen molar-refractivity contribution < 1.29 is 5.11 Å². The van der Waals surface area contributed by atoms with Crippen LogP contribution in [0.25, 0.3) is 0 Å². The van der Waals surface area contributed by atoms with Gasteiger partial charge in [-0.25, -0.2) is 4.68 Å². The highest BCUT2D eigenvalue weighted by Crippen LogP contribution is 2.21. The minimum Gasteiger partial charge on any atom is -0.391 e. The molecule has 0 atom stereocenters. The van der Waals surface area contributed by atoms with Crippen molar-refractivity contribution >= 4 is 23.2 Å². The summed E-state index contributed by atoms with van der Waals surface area (Å²) in [6, 6.07) is 7.53. The molecule has 0 bridgehead atoms. The van der Waals surface area contributed by atoms with E-state index in [9.17, 15) is 0 Å². The number of hydrogen-bond acceptors (Lipinski definition) is 2. The molecule has 0 fully saturated rings. The van der Waals surface area contributed by atoms with Crippen LogP contribution in [0.1, 0.15) is 16.8 Å². The molecule has 0 saturated carbocycles. The van der Waals surface area contributed by atoms with Gasteiger partial charge in [0.2, 0.25) is 0 Å². The molecule has 0 amide bonds. The van der Waals surface area contributed by atoms with Crippen LogP contribution in [0.4, 0.5) is 0 Å². The van der Waals surface area contributed by atoms with E-state index in [0.717, 1.165) is 11.3 Å². The van der Waals surface area contributed by atoms with Gasteiger partial charge in [0.05, 0.1) is 18.8 Å². The van der Waals surface area contributed by atoms with E-state index in [1.54, 1.807) is 4.68 Å². The van der Waals surface area contributed by atoms with Crippen molar-refractivity contribution in [1.29, 1.82) is 0 Å². The van der Waals surface area contributed by atoms with Gasteiger partial charge < -0.3 is 5.11 Å². The van der Waals surface area contributed by atoms with E-state index in [0.29, 0.717) is 22.3 Å². The van der Waals surface area contributed by atoms with Crippen molar-refractivity contribution in [3.63, 3.8) is 0 Å². The van der Waals surface area contributed by atoms with Crippen molar-refractivity contribution in [2.75, 3.05) is 0 Å². The molecule has 1 heterocycles. The number of aromatic nitrogens is 2. The lowest BCUT2D eigenvalue weighted by Gasteiger charge is -2.04. The largest absolute Gasteiger partial charge is 0.391 e. The summed E-state index contributed by atoms with van der Waals surface area (Å²) in [5, 5.41) is 14.6. The Morgan fingerprint density at radius 2 is 2.12 bits per heavy atom. The molecular weight excluding hydrogens is 259 g/mol. The average Bonchev–Trinajstić information content (AvgIpc) is 2.54. The fraction of sp³-hybridized carbons (Fsp3) is 0.250. The molecular formula is C12H12Cl2N2O. The maximum absolute atomic E-state index is 9.16. The van der Waals surface area contributed by atoms with Crippen molar-refractivity contribution in [3.05, 3.63) is 51.3 Å². The van der Waals surface area contributed by atoms with Gasteiger partial charge in [-0.2, -0.15) is 5.10 Å². The Kier molecular flexibility index (Phi) is 3.72. The van der Waals surface area contributed by atoms with Gasteiger partial charge in [0.15, 0.2) is 0 Å². The maximum atomic E-state index is 9.16. The molecule has 0 spiro atoms. The fourth-order valence-electron chi connectivity index (χ4n) is 1.68. The lowest BCUT2D eigenvalue weighted by Crippen LogP contribution is -2.02. The highest BCUT2D eigenvalue weighted by molar-refractivity contribution is 6.30. The molecule has 0 saturated heterocycles. The third-order valence-electron chi connectivity index (χ3n) is 2.56. The van der Waals surface area contributed by atoms with E-state index < -0.39 is 0 Å². The van der Waals surface area contributed by atoms with E-state index in [1.807, 2.05) is 31.2 Å². The molecule has 0 radical (unpaired) electrons. The topological polar surface area (TPSA) is 38.0 Å². The zero-order valence-electron chi connectivity index (χ0n) is 9.32. The summed E-state index contributed by atoms with van der Waals surface area (Å²) in [5.41, 5.74) is 2.44. The first-order valence-corrected chi connectivity index (χ1v) is 5.94. The molecule has 0 aliphatic heterocycles. The van der Waals surface area contributed by atoms with Gasteiger partial charge in [-0.05, 0) is 24.6 Å². The predicted molar refractivity (Wildman–Crippen MR) is 68.5 cm³/mol. The summed E-state index contributed by atoms with van der Waals surface area (Å²) in [6.07, 6.45) is 0. The Morgan fingerprint density at radius 1 is 1.35 bits per heavy atom. The quantitative estimate of drug-likeness (QED) is 0.931. The summed E-state index contributed by atoms with van der Waals surface area (Å²) in [4.78, 5) is 0. The Labute approximate surface area is 110 Å². The monoisotopic (exact) mass is 270 g/mol. The minimum absolute atomic E-state index is 0.0970. The molecule has 5 heteroatoms. The van der Waals surface area contributed by atoms with E-state index >= 15 is 0 Å². The number of nitrogens with zero attached hydrogens (tertiary/aromatic N) is 2. The Hall–Kier alpha value is -1.03. The van der Waals surface area contributed by atoms with Crippen LogP contribution in [-0.2, 0) is 13.2 Å². The standard InChI is InChI=1S/C12H12Cl2N2O/c1-8-11(7-17)12(14)16(15-8)6-9-3-2-4-10(13)5-9/h2-5,17H,6-7H2,1H3. The van der Waals surface area contributed by atoms with Gasteiger partial charge in [0.1, 0.15) is 5.15 Å². The van der Waals surface area contributed by atoms with Gasteiger partial charge in [0, 0.05) is 10.6 Å². The molecule has 1 aromatic carbocycles. The van der Waals surface area contributed by atoms with Crippen LogP contribution < -0.4 is 0 Å². The van der Waals surface area contributed by atoms with E-state index in [2.05, 4.69) is 5.10 Å². The summed E-state index contributed by atoms with van der Waals surface area (Å²) in [6.45, 7) is 2.27. The number of hydrogen-bond donors (Lipinski definition) is 1. The summed E-state index contributed by atoms with van der Waals surface area (Å²) in [7, 11) is 0. The summed E-state index contributed by atoms with van der Waals surface area (Å²) in [5.74, 6) is 0. The van der Waals surface area contributed by atoms with Crippen LogP contribution in [-0.4, -0.2) is 14.9 Å². The van der Waals surface area contributed by atoms with Crippen molar-refractivity contribution in [2.24, 2.45) is 0 Å². The van der Waals surface area contributed by atoms with Gasteiger partial charge in [-0.1, -0.05) is 35.3 Å². The van der Waals surface area contributed by atoms with Crippen LogP contribution >= 0.6 is 23.2 Å². The molecule has 3 nitrogen and oxygen atoms in total. The number of rotatable bonds is 3. The number of aliphatic hydroxyl groups is 1. The van der Waals surface area contributed by atoms with Gasteiger partial charge in [-0.15, -0.1) is 0 Å². The third-order valence-corrected chi connectivity index (χ3v) is 3.22. The SMILES string of the molecule is Cc1nn(Cc2cccc(Cl)c2)c(Cl)c1CO. The number of aliphatic hydroxyl groups excluding tert-OH is 1. The smallest absolute Gasteiger partial charge is 0.133 e.